The quantitative estimate of drug-likeness (QED) is 0.513. The standard InChI is InChI=1S/C12H8ClN3O3/c13-8-1-6-11(12(17)7-8)15-14-9-2-4-10(5-3-9)16(18)19/h1-7,17H. The summed E-state index contributed by atoms with van der Waals surface area (Å²) in [4.78, 5) is 9.98. The van der Waals surface area contributed by atoms with Gasteiger partial charge in [0.05, 0.1) is 10.6 Å². The van der Waals surface area contributed by atoms with Crippen molar-refractivity contribution in [2.45, 2.75) is 0 Å². The van der Waals surface area contributed by atoms with Crippen LogP contribution in [0.4, 0.5) is 17.1 Å². The van der Waals surface area contributed by atoms with Crippen LogP contribution in [0.5, 0.6) is 5.75 Å². The van der Waals surface area contributed by atoms with E-state index in [1.807, 2.05) is 0 Å². The van der Waals surface area contributed by atoms with Crippen molar-refractivity contribution in [3.8, 4) is 5.75 Å². The highest BCUT2D eigenvalue weighted by Gasteiger charge is 2.04. The molecule has 0 aromatic heterocycles. The zero-order valence-electron chi connectivity index (χ0n) is 9.52. The molecule has 0 aliphatic heterocycles. The van der Waals surface area contributed by atoms with E-state index in [9.17, 15) is 15.2 Å². The van der Waals surface area contributed by atoms with E-state index in [0.29, 0.717) is 10.7 Å². The molecule has 0 saturated heterocycles. The number of azo groups is 1. The minimum Gasteiger partial charge on any atom is -0.506 e. The molecule has 6 nitrogen and oxygen atoms in total. The number of hydrogen-bond acceptors (Lipinski definition) is 5. The summed E-state index contributed by atoms with van der Waals surface area (Å²) in [5.41, 5.74) is 0.691. The molecular formula is C12H8ClN3O3. The Morgan fingerprint density at radius 1 is 1.11 bits per heavy atom. The van der Waals surface area contributed by atoms with Crippen molar-refractivity contribution in [3.63, 3.8) is 0 Å². The number of phenols is 1. The number of benzene rings is 2. The third-order valence-corrected chi connectivity index (χ3v) is 2.51. The van der Waals surface area contributed by atoms with Crippen LogP contribution >= 0.6 is 11.6 Å². The third-order valence-electron chi connectivity index (χ3n) is 2.27. The van der Waals surface area contributed by atoms with Crippen LogP contribution < -0.4 is 0 Å². The second-order valence-electron chi connectivity index (χ2n) is 3.61. The van der Waals surface area contributed by atoms with Crippen molar-refractivity contribution in [3.05, 3.63) is 57.6 Å². The Hall–Kier alpha value is -2.47. The van der Waals surface area contributed by atoms with E-state index < -0.39 is 4.92 Å². The molecule has 0 fully saturated rings. The molecule has 0 heterocycles. The summed E-state index contributed by atoms with van der Waals surface area (Å²) in [5, 5.41) is 28.1. The lowest BCUT2D eigenvalue weighted by molar-refractivity contribution is -0.384. The molecule has 0 bridgehead atoms. The maximum absolute atomic E-state index is 10.5. The average Bonchev–Trinajstić information content (AvgIpc) is 2.38. The van der Waals surface area contributed by atoms with E-state index in [-0.39, 0.29) is 17.1 Å². The van der Waals surface area contributed by atoms with E-state index in [1.165, 1.54) is 36.4 Å². The van der Waals surface area contributed by atoms with Crippen LogP contribution in [0.15, 0.2) is 52.7 Å². The molecular weight excluding hydrogens is 270 g/mol. The summed E-state index contributed by atoms with van der Waals surface area (Å²) >= 11 is 5.69. The highest BCUT2D eigenvalue weighted by Crippen LogP contribution is 2.30. The molecule has 2 aromatic rings. The zero-order valence-corrected chi connectivity index (χ0v) is 10.3. The molecule has 2 rings (SSSR count). The van der Waals surface area contributed by atoms with Crippen molar-refractivity contribution in [2.75, 3.05) is 0 Å². The summed E-state index contributed by atoms with van der Waals surface area (Å²) in [6.07, 6.45) is 0. The maximum atomic E-state index is 10.5. The van der Waals surface area contributed by atoms with Gasteiger partial charge in [-0.05, 0) is 24.3 Å². The molecule has 19 heavy (non-hydrogen) atoms. The molecule has 2 aromatic carbocycles. The monoisotopic (exact) mass is 277 g/mol. The van der Waals surface area contributed by atoms with Gasteiger partial charge in [0.15, 0.2) is 0 Å². The van der Waals surface area contributed by atoms with Crippen LogP contribution in [-0.4, -0.2) is 10.0 Å². The number of rotatable bonds is 3. The molecule has 0 amide bonds. The van der Waals surface area contributed by atoms with E-state index >= 15 is 0 Å². The number of halogens is 1. The minimum atomic E-state index is -0.494. The first-order valence-corrected chi connectivity index (χ1v) is 5.59. The molecule has 1 N–H and O–H groups in total. The molecule has 0 saturated carbocycles. The van der Waals surface area contributed by atoms with Crippen LogP contribution in [0.2, 0.25) is 5.02 Å². The molecule has 0 radical (unpaired) electrons. The van der Waals surface area contributed by atoms with Crippen LogP contribution in [0.1, 0.15) is 0 Å². The van der Waals surface area contributed by atoms with Gasteiger partial charge in [-0.3, -0.25) is 10.1 Å². The average molecular weight is 278 g/mol. The van der Waals surface area contributed by atoms with Crippen LogP contribution in [-0.2, 0) is 0 Å². The number of nitro groups is 1. The topological polar surface area (TPSA) is 88.1 Å². The highest BCUT2D eigenvalue weighted by atomic mass is 35.5. The summed E-state index contributed by atoms with van der Waals surface area (Å²) in [5.74, 6) is -0.0850. The largest absolute Gasteiger partial charge is 0.506 e. The molecule has 96 valence electrons. The van der Waals surface area contributed by atoms with Crippen molar-refractivity contribution >= 4 is 28.7 Å². The summed E-state index contributed by atoms with van der Waals surface area (Å²) in [6, 6.07) is 10.0. The predicted octanol–water partition coefficient (Wildman–Crippen LogP) is 4.37. The Morgan fingerprint density at radius 3 is 2.37 bits per heavy atom. The summed E-state index contributed by atoms with van der Waals surface area (Å²) in [6.45, 7) is 0. The Balaban J connectivity index is 2.20. The van der Waals surface area contributed by atoms with Gasteiger partial charge in [0.25, 0.3) is 5.69 Å². The Labute approximate surface area is 113 Å². The smallest absolute Gasteiger partial charge is 0.269 e. The van der Waals surface area contributed by atoms with Crippen LogP contribution in [0, 0.1) is 10.1 Å². The van der Waals surface area contributed by atoms with Gasteiger partial charge in [0.2, 0.25) is 0 Å². The third kappa shape index (κ3) is 3.26. The molecule has 0 atom stereocenters. The van der Waals surface area contributed by atoms with Gasteiger partial charge in [-0.25, -0.2) is 0 Å². The molecule has 0 aliphatic carbocycles. The zero-order chi connectivity index (χ0) is 13.8. The second kappa shape index (κ2) is 5.45. The first kappa shape index (κ1) is 13.0. The van der Waals surface area contributed by atoms with Gasteiger partial charge in [-0.15, -0.1) is 5.11 Å². The first-order chi connectivity index (χ1) is 9.06. The fourth-order valence-electron chi connectivity index (χ4n) is 1.33. The normalized spacial score (nSPS) is 10.8. The summed E-state index contributed by atoms with van der Waals surface area (Å²) < 4.78 is 0. The van der Waals surface area contributed by atoms with Crippen LogP contribution in [0.3, 0.4) is 0 Å². The lowest BCUT2D eigenvalue weighted by atomic mass is 10.3. The first-order valence-electron chi connectivity index (χ1n) is 5.21. The molecule has 0 unspecified atom stereocenters. The SMILES string of the molecule is O=[N+]([O-])c1ccc(N=Nc2ccc(Cl)cc2O)cc1. The number of nitrogens with zero attached hydrogens (tertiary/aromatic N) is 3. The van der Waals surface area contributed by atoms with Gasteiger partial charge >= 0.3 is 0 Å². The lowest BCUT2D eigenvalue weighted by Crippen LogP contribution is -1.85. The van der Waals surface area contributed by atoms with Crippen molar-refractivity contribution in [2.24, 2.45) is 10.2 Å². The number of phenolic OH excluding ortho intramolecular Hbond substituents is 1. The second-order valence-corrected chi connectivity index (χ2v) is 4.04. The fourth-order valence-corrected chi connectivity index (χ4v) is 1.50. The molecule has 0 spiro atoms. The Kier molecular flexibility index (Phi) is 3.72. The van der Waals surface area contributed by atoms with Gasteiger partial charge in [-0.1, -0.05) is 11.6 Å². The van der Waals surface area contributed by atoms with Gasteiger partial charge in [0, 0.05) is 23.2 Å². The number of nitro benzene ring substituents is 1. The number of aromatic hydroxyl groups is 1. The predicted molar refractivity (Wildman–Crippen MR) is 70.4 cm³/mol. The van der Waals surface area contributed by atoms with E-state index in [1.54, 1.807) is 6.07 Å². The van der Waals surface area contributed by atoms with Crippen LogP contribution in [0.25, 0.3) is 0 Å². The van der Waals surface area contributed by atoms with E-state index in [0.717, 1.165) is 0 Å². The minimum absolute atomic E-state index is 0.0201. The fraction of sp³-hybridized carbons (Fsp3) is 0. The number of hydrogen-bond donors (Lipinski definition) is 1. The van der Waals surface area contributed by atoms with Gasteiger partial charge < -0.3 is 5.11 Å². The van der Waals surface area contributed by atoms with Gasteiger partial charge in [0.1, 0.15) is 11.4 Å². The van der Waals surface area contributed by atoms with Crippen molar-refractivity contribution in [1.82, 2.24) is 0 Å². The van der Waals surface area contributed by atoms with Gasteiger partial charge in [-0.2, -0.15) is 5.11 Å². The Bertz CT molecular complexity index is 641. The highest BCUT2D eigenvalue weighted by molar-refractivity contribution is 6.30. The van der Waals surface area contributed by atoms with Crippen molar-refractivity contribution < 1.29 is 10.0 Å². The number of non-ortho nitro benzene ring substituents is 1. The molecule has 7 heteroatoms. The van der Waals surface area contributed by atoms with E-state index in [2.05, 4.69) is 10.2 Å². The molecule has 0 aliphatic rings. The van der Waals surface area contributed by atoms with Crippen molar-refractivity contribution in [1.29, 1.82) is 0 Å². The van der Waals surface area contributed by atoms with E-state index in [4.69, 9.17) is 11.6 Å². The maximum Gasteiger partial charge on any atom is 0.269 e. The lowest BCUT2D eigenvalue weighted by Gasteiger charge is -1.98. The Morgan fingerprint density at radius 2 is 1.79 bits per heavy atom. The summed E-state index contributed by atoms with van der Waals surface area (Å²) in [7, 11) is 0.